The van der Waals surface area contributed by atoms with E-state index in [4.69, 9.17) is 14.9 Å². The fraction of sp³-hybridized carbons (Fsp3) is 0.333. The molecule has 17 heavy (non-hydrogen) atoms. The first-order valence-electron chi connectivity index (χ1n) is 5.16. The first-order chi connectivity index (χ1) is 8.04. The van der Waals surface area contributed by atoms with Gasteiger partial charge in [0.1, 0.15) is 5.75 Å². The molecule has 0 atom stereocenters. The molecule has 0 spiro atoms. The van der Waals surface area contributed by atoms with E-state index in [1.165, 1.54) is 13.2 Å². The smallest absolute Gasteiger partial charge is 0.336 e. The molecule has 1 rings (SSSR count). The highest BCUT2D eigenvalue weighted by atomic mass is 16.5. The molecule has 0 aliphatic rings. The van der Waals surface area contributed by atoms with Crippen LogP contribution in [0.5, 0.6) is 5.75 Å². The minimum atomic E-state index is -1.03. The van der Waals surface area contributed by atoms with Crippen molar-refractivity contribution in [2.45, 2.75) is 19.3 Å². The van der Waals surface area contributed by atoms with Gasteiger partial charge in [0, 0.05) is 6.42 Å². The summed E-state index contributed by atoms with van der Waals surface area (Å²) in [6, 6.07) is 4.77. The van der Waals surface area contributed by atoms with Crippen molar-refractivity contribution in [3.63, 3.8) is 0 Å². The Morgan fingerprint density at radius 1 is 1.29 bits per heavy atom. The SMILES string of the molecule is COc1ccc(CCCC(=O)O)c(C(=O)O)c1. The van der Waals surface area contributed by atoms with Gasteiger partial charge in [-0.15, -0.1) is 0 Å². The Bertz CT molecular complexity index is 425. The standard InChI is InChI=1S/C12H14O5/c1-17-9-6-5-8(3-2-4-11(13)14)10(7-9)12(15)16/h5-7H,2-4H2,1H3,(H,13,14)(H,15,16). The first-order valence-corrected chi connectivity index (χ1v) is 5.16. The van der Waals surface area contributed by atoms with Crippen molar-refractivity contribution in [3.05, 3.63) is 29.3 Å². The van der Waals surface area contributed by atoms with Crippen molar-refractivity contribution in [2.75, 3.05) is 7.11 Å². The summed E-state index contributed by atoms with van der Waals surface area (Å²) in [5.41, 5.74) is 0.786. The maximum atomic E-state index is 11.0. The van der Waals surface area contributed by atoms with Gasteiger partial charge in [-0.05, 0) is 30.5 Å². The van der Waals surface area contributed by atoms with Gasteiger partial charge in [0.2, 0.25) is 0 Å². The average molecular weight is 238 g/mol. The number of carbonyl (C=O) groups is 2. The van der Waals surface area contributed by atoms with Crippen molar-refractivity contribution >= 4 is 11.9 Å². The van der Waals surface area contributed by atoms with Crippen LogP contribution >= 0.6 is 0 Å². The third-order valence-corrected chi connectivity index (χ3v) is 2.38. The normalized spacial score (nSPS) is 9.94. The van der Waals surface area contributed by atoms with Crippen LogP contribution in [0.3, 0.4) is 0 Å². The summed E-state index contributed by atoms with van der Waals surface area (Å²) in [5, 5.41) is 17.5. The maximum Gasteiger partial charge on any atom is 0.336 e. The van der Waals surface area contributed by atoms with Crippen LogP contribution < -0.4 is 4.74 Å². The van der Waals surface area contributed by atoms with E-state index >= 15 is 0 Å². The van der Waals surface area contributed by atoms with Crippen LogP contribution in [0.25, 0.3) is 0 Å². The molecule has 0 aliphatic carbocycles. The number of hydrogen-bond acceptors (Lipinski definition) is 3. The quantitative estimate of drug-likeness (QED) is 0.789. The molecule has 0 saturated carbocycles. The van der Waals surface area contributed by atoms with Crippen LogP contribution in [0.4, 0.5) is 0 Å². The highest BCUT2D eigenvalue weighted by Crippen LogP contribution is 2.19. The minimum Gasteiger partial charge on any atom is -0.497 e. The summed E-state index contributed by atoms with van der Waals surface area (Å²) in [4.78, 5) is 21.4. The molecule has 92 valence electrons. The number of rotatable bonds is 6. The number of aromatic carboxylic acids is 1. The van der Waals surface area contributed by atoms with Crippen molar-refractivity contribution in [1.29, 1.82) is 0 Å². The maximum absolute atomic E-state index is 11.0. The molecule has 0 radical (unpaired) electrons. The number of aliphatic carboxylic acids is 1. The molecule has 2 N–H and O–H groups in total. The van der Waals surface area contributed by atoms with Crippen LogP contribution in [0, 0.1) is 0 Å². The number of benzene rings is 1. The number of carboxylic acid groups (broad SMARTS) is 2. The van der Waals surface area contributed by atoms with Crippen molar-refractivity contribution < 1.29 is 24.5 Å². The van der Waals surface area contributed by atoms with Gasteiger partial charge in [0.15, 0.2) is 0 Å². The van der Waals surface area contributed by atoms with Crippen molar-refractivity contribution in [1.82, 2.24) is 0 Å². The molecule has 0 amide bonds. The van der Waals surface area contributed by atoms with E-state index in [9.17, 15) is 9.59 Å². The Morgan fingerprint density at radius 2 is 2.00 bits per heavy atom. The molecular weight excluding hydrogens is 224 g/mol. The molecule has 0 aliphatic heterocycles. The fourth-order valence-corrected chi connectivity index (χ4v) is 1.53. The Balaban J connectivity index is 2.83. The van der Waals surface area contributed by atoms with Crippen LogP contribution in [-0.2, 0) is 11.2 Å². The molecule has 0 saturated heterocycles. The number of aryl methyl sites for hydroxylation is 1. The van der Waals surface area contributed by atoms with Gasteiger partial charge >= 0.3 is 11.9 Å². The Hall–Kier alpha value is -2.04. The van der Waals surface area contributed by atoms with E-state index in [2.05, 4.69) is 0 Å². The summed E-state index contributed by atoms with van der Waals surface area (Å²) in [6.07, 6.45) is 0.880. The van der Waals surface area contributed by atoms with E-state index in [0.29, 0.717) is 24.2 Å². The van der Waals surface area contributed by atoms with Crippen molar-refractivity contribution in [2.24, 2.45) is 0 Å². The van der Waals surface area contributed by atoms with Crippen molar-refractivity contribution in [3.8, 4) is 5.75 Å². The molecule has 0 bridgehead atoms. The third kappa shape index (κ3) is 3.79. The molecule has 5 heteroatoms. The topological polar surface area (TPSA) is 83.8 Å². The highest BCUT2D eigenvalue weighted by Gasteiger charge is 2.11. The Labute approximate surface area is 98.6 Å². The predicted molar refractivity (Wildman–Crippen MR) is 60.5 cm³/mol. The average Bonchev–Trinajstić information content (AvgIpc) is 2.28. The van der Waals surface area contributed by atoms with E-state index < -0.39 is 11.9 Å². The summed E-state index contributed by atoms with van der Waals surface area (Å²) in [5.74, 6) is -1.44. The van der Waals surface area contributed by atoms with Gasteiger partial charge in [-0.3, -0.25) is 4.79 Å². The Kier molecular flexibility index (Phi) is 4.51. The number of methoxy groups -OCH3 is 1. The lowest BCUT2D eigenvalue weighted by atomic mass is 10.0. The van der Waals surface area contributed by atoms with Crippen LogP contribution in [0.2, 0.25) is 0 Å². The van der Waals surface area contributed by atoms with Gasteiger partial charge in [0.25, 0.3) is 0 Å². The van der Waals surface area contributed by atoms with Crippen LogP contribution in [0.15, 0.2) is 18.2 Å². The largest absolute Gasteiger partial charge is 0.497 e. The second kappa shape index (κ2) is 5.89. The van der Waals surface area contributed by atoms with Gasteiger partial charge in [-0.1, -0.05) is 6.07 Å². The van der Waals surface area contributed by atoms with Crippen LogP contribution in [0.1, 0.15) is 28.8 Å². The third-order valence-electron chi connectivity index (χ3n) is 2.38. The van der Waals surface area contributed by atoms with Gasteiger partial charge in [-0.25, -0.2) is 4.79 Å². The number of ether oxygens (including phenoxy) is 1. The van der Waals surface area contributed by atoms with Crippen LogP contribution in [-0.4, -0.2) is 29.3 Å². The number of hydrogen-bond donors (Lipinski definition) is 2. The molecule has 5 nitrogen and oxygen atoms in total. The summed E-state index contributed by atoms with van der Waals surface area (Å²) in [6.45, 7) is 0. The molecule has 0 aromatic heterocycles. The fourth-order valence-electron chi connectivity index (χ4n) is 1.53. The highest BCUT2D eigenvalue weighted by molar-refractivity contribution is 5.90. The van der Waals surface area contributed by atoms with E-state index in [-0.39, 0.29) is 12.0 Å². The van der Waals surface area contributed by atoms with E-state index in [1.54, 1.807) is 12.1 Å². The zero-order valence-corrected chi connectivity index (χ0v) is 9.47. The summed E-state index contributed by atoms with van der Waals surface area (Å²) >= 11 is 0. The summed E-state index contributed by atoms with van der Waals surface area (Å²) in [7, 11) is 1.46. The zero-order valence-electron chi connectivity index (χ0n) is 9.47. The lowest BCUT2D eigenvalue weighted by Crippen LogP contribution is -2.04. The van der Waals surface area contributed by atoms with E-state index in [1.807, 2.05) is 0 Å². The Morgan fingerprint density at radius 3 is 2.53 bits per heavy atom. The number of carboxylic acids is 2. The molecule has 0 fully saturated rings. The summed E-state index contributed by atoms with van der Waals surface area (Å²) < 4.78 is 4.95. The second-order valence-electron chi connectivity index (χ2n) is 3.58. The zero-order chi connectivity index (χ0) is 12.8. The van der Waals surface area contributed by atoms with Gasteiger partial charge in [-0.2, -0.15) is 0 Å². The second-order valence-corrected chi connectivity index (χ2v) is 3.58. The molecular formula is C12H14O5. The molecule has 0 heterocycles. The molecule has 1 aromatic rings. The van der Waals surface area contributed by atoms with Gasteiger partial charge < -0.3 is 14.9 Å². The minimum absolute atomic E-state index is 0.0328. The molecule has 0 unspecified atom stereocenters. The molecule has 1 aromatic carbocycles. The predicted octanol–water partition coefficient (Wildman–Crippen LogP) is 1.80. The monoisotopic (exact) mass is 238 g/mol. The first kappa shape index (κ1) is 13.0. The lowest BCUT2D eigenvalue weighted by molar-refractivity contribution is -0.137. The lowest BCUT2D eigenvalue weighted by Gasteiger charge is -2.07. The van der Waals surface area contributed by atoms with Gasteiger partial charge in [0.05, 0.1) is 12.7 Å². The van der Waals surface area contributed by atoms with E-state index in [0.717, 1.165) is 0 Å².